The van der Waals surface area contributed by atoms with Gasteiger partial charge in [0.25, 0.3) is 0 Å². The van der Waals surface area contributed by atoms with E-state index in [1.54, 1.807) is 23.9 Å². The zero-order valence-corrected chi connectivity index (χ0v) is 13.6. The van der Waals surface area contributed by atoms with Crippen LogP contribution in [0.1, 0.15) is 20.8 Å². The topological polar surface area (TPSA) is 46.2 Å². The van der Waals surface area contributed by atoms with Crippen LogP contribution in [0.5, 0.6) is 0 Å². The molecule has 0 spiro atoms. The summed E-state index contributed by atoms with van der Waals surface area (Å²) in [5.41, 5.74) is 0. The average Bonchev–Trinajstić information content (AvgIpc) is 2.33. The van der Waals surface area contributed by atoms with E-state index in [-0.39, 0.29) is 0 Å². The molecule has 1 aromatic carbocycles. The highest BCUT2D eigenvalue weighted by atomic mass is 32.2. The lowest BCUT2D eigenvalue weighted by Gasteiger charge is -2.17. The average molecular weight is 301 g/mol. The van der Waals surface area contributed by atoms with Crippen LogP contribution in [-0.2, 0) is 9.84 Å². The first-order valence-electron chi connectivity index (χ1n) is 6.47. The first-order chi connectivity index (χ1) is 8.80. The van der Waals surface area contributed by atoms with Crippen molar-refractivity contribution in [1.82, 2.24) is 5.32 Å². The SMILES string of the molecule is CC(C)C(C)NCCSc1ccc(S(C)(=O)=O)cc1. The molecule has 0 saturated carbocycles. The van der Waals surface area contributed by atoms with Gasteiger partial charge in [-0.2, -0.15) is 0 Å². The Bertz CT molecular complexity index is 481. The van der Waals surface area contributed by atoms with E-state index in [1.165, 1.54) is 6.26 Å². The van der Waals surface area contributed by atoms with Gasteiger partial charge >= 0.3 is 0 Å². The lowest BCUT2D eigenvalue weighted by molar-refractivity contribution is 0.438. The Labute approximate surface area is 121 Å². The smallest absolute Gasteiger partial charge is 0.175 e. The van der Waals surface area contributed by atoms with Gasteiger partial charge in [-0.25, -0.2) is 8.42 Å². The highest BCUT2D eigenvalue weighted by Crippen LogP contribution is 2.19. The second-order valence-electron chi connectivity index (χ2n) is 5.08. The lowest BCUT2D eigenvalue weighted by atomic mass is 10.1. The summed E-state index contributed by atoms with van der Waals surface area (Å²) in [5.74, 6) is 1.62. The molecule has 0 amide bonds. The minimum Gasteiger partial charge on any atom is -0.313 e. The summed E-state index contributed by atoms with van der Waals surface area (Å²) in [6.07, 6.45) is 1.23. The number of hydrogen-bond acceptors (Lipinski definition) is 4. The molecule has 0 heterocycles. The highest BCUT2D eigenvalue weighted by Gasteiger charge is 2.07. The Morgan fingerprint density at radius 2 is 1.74 bits per heavy atom. The van der Waals surface area contributed by atoms with Crippen molar-refractivity contribution in [2.24, 2.45) is 5.92 Å². The van der Waals surface area contributed by atoms with Crippen molar-refractivity contribution in [2.45, 2.75) is 36.6 Å². The van der Waals surface area contributed by atoms with Crippen LogP contribution in [-0.4, -0.2) is 33.0 Å². The Kier molecular flexibility index (Phi) is 6.36. The first kappa shape index (κ1) is 16.5. The number of sulfone groups is 1. The van der Waals surface area contributed by atoms with Crippen molar-refractivity contribution in [1.29, 1.82) is 0 Å². The van der Waals surface area contributed by atoms with Crippen LogP contribution >= 0.6 is 11.8 Å². The van der Waals surface area contributed by atoms with E-state index >= 15 is 0 Å². The van der Waals surface area contributed by atoms with Gasteiger partial charge < -0.3 is 5.32 Å². The zero-order valence-electron chi connectivity index (χ0n) is 12.0. The summed E-state index contributed by atoms with van der Waals surface area (Å²) in [5, 5.41) is 3.47. The molecule has 1 aromatic rings. The zero-order chi connectivity index (χ0) is 14.5. The fourth-order valence-electron chi connectivity index (χ4n) is 1.47. The Balaban J connectivity index is 2.39. The molecule has 0 aromatic heterocycles. The van der Waals surface area contributed by atoms with Crippen LogP contribution in [0.25, 0.3) is 0 Å². The summed E-state index contributed by atoms with van der Waals surface area (Å²) in [7, 11) is -3.09. The largest absolute Gasteiger partial charge is 0.313 e. The molecular weight excluding hydrogens is 278 g/mol. The molecule has 0 aliphatic rings. The summed E-state index contributed by atoms with van der Waals surface area (Å²) in [6, 6.07) is 7.59. The maximum atomic E-state index is 11.3. The highest BCUT2D eigenvalue weighted by molar-refractivity contribution is 7.99. The fourth-order valence-corrected chi connectivity index (χ4v) is 2.89. The number of rotatable bonds is 7. The van der Waals surface area contributed by atoms with E-state index < -0.39 is 9.84 Å². The van der Waals surface area contributed by atoms with Gasteiger partial charge in [0, 0.05) is 29.5 Å². The Morgan fingerprint density at radius 1 is 1.16 bits per heavy atom. The fraction of sp³-hybridized carbons (Fsp3) is 0.571. The van der Waals surface area contributed by atoms with Crippen LogP contribution in [0.4, 0.5) is 0 Å². The number of nitrogens with one attached hydrogen (secondary N) is 1. The molecule has 1 atom stereocenters. The second-order valence-corrected chi connectivity index (χ2v) is 8.26. The Morgan fingerprint density at radius 3 is 2.21 bits per heavy atom. The molecule has 0 radical (unpaired) electrons. The third kappa shape index (κ3) is 5.97. The van der Waals surface area contributed by atoms with Gasteiger partial charge in [-0.3, -0.25) is 0 Å². The van der Waals surface area contributed by atoms with Gasteiger partial charge in [0.15, 0.2) is 9.84 Å². The third-order valence-electron chi connectivity index (χ3n) is 3.09. The standard InChI is InChI=1S/C14H23NO2S2/c1-11(2)12(3)15-9-10-18-13-5-7-14(8-6-13)19(4,16)17/h5-8,11-12,15H,9-10H2,1-4H3. The molecule has 0 bridgehead atoms. The van der Waals surface area contributed by atoms with Crippen LogP contribution < -0.4 is 5.32 Å². The first-order valence-corrected chi connectivity index (χ1v) is 9.34. The van der Waals surface area contributed by atoms with E-state index in [0.29, 0.717) is 16.9 Å². The van der Waals surface area contributed by atoms with Gasteiger partial charge in [0.1, 0.15) is 0 Å². The van der Waals surface area contributed by atoms with E-state index in [0.717, 1.165) is 17.2 Å². The van der Waals surface area contributed by atoms with Crippen molar-refractivity contribution < 1.29 is 8.42 Å². The van der Waals surface area contributed by atoms with Crippen molar-refractivity contribution in [3.63, 3.8) is 0 Å². The molecule has 0 aliphatic heterocycles. The van der Waals surface area contributed by atoms with E-state index in [4.69, 9.17) is 0 Å². The van der Waals surface area contributed by atoms with Crippen LogP contribution in [0.2, 0.25) is 0 Å². The molecule has 1 N–H and O–H groups in total. The second kappa shape index (κ2) is 7.31. The van der Waals surface area contributed by atoms with Gasteiger partial charge in [-0.1, -0.05) is 13.8 Å². The molecule has 0 fully saturated rings. The van der Waals surface area contributed by atoms with Crippen molar-refractivity contribution in [3.8, 4) is 0 Å². The molecule has 3 nitrogen and oxygen atoms in total. The van der Waals surface area contributed by atoms with Crippen LogP contribution in [0.3, 0.4) is 0 Å². The summed E-state index contributed by atoms with van der Waals surface area (Å²) < 4.78 is 22.7. The van der Waals surface area contributed by atoms with Gasteiger partial charge in [-0.15, -0.1) is 11.8 Å². The normalized spacial score (nSPS) is 13.7. The van der Waals surface area contributed by atoms with Crippen LogP contribution in [0, 0.1) is 5.92 Å². The van der Waals surface area contributed by atoms with Crippen LogP contribution in [0.15, 0.2) is 34.1 Å². The van der Waals surface area contributed by atoms with Crippen molar-refractivity contribution >= 4 is 21.6 Å². The molecule has 108 valence electrons. The van der Waals surface area contributed by atoms with Crippen molar-refractivity contribution in [2.75, 3.05) is 18.6 Å². The summed E-state index contributed by atoms with van der Waals surface area (Å²) in [6.45, 7) is 7.55. The predicted molar refractivity (Wildman–Crippen MR) is 82.6 cm³/mol. The minimum atomic E-state index is -3.09. The Hall–Kier alpha value is -0.520. The molecule has 5 heteroatoms. The van der Waals surface area contributed by atoms with E-state index in [1.807, 2.05) is 12.1 Å². The number of thioether (sulfide) groups is 1. The summed E-state index contributed by atoms with van der Waals surface area (Å²) >= 11 is 1.74. The van der Waals surface area contributed by atoms with Gasteiger partial charge in [0.05, 0.1) is 4.90 Å². The molecule has 19 heavy (non-hydrogen) atoms. The monoisotopic (exact) mass is 301 g/mol. The number of hydrogen-bond donors (Lipinski definition) is 1. The minimum absolute atomic E-state index is 0.378. The van der Waals surface area contributed by atoms with E-state index in [9.17, 15) is 8.42 Å². The molecule has 0 saturated heterocycles. The van der Waals surface area contributed by atoms with Gasteiger partial charge in [0.2, 0.25) is 0 Å². The molecule has 0 aliphatic carbocycles. The number of benzene rings is 1. The maximum absolute atomic E-state index is 11.3. The van der Waals surface area contributed by atoms with Crippen molar-refractivity contribution in [3.05, 3.63) is 24.3 Å². The molecule has 1 unspecified atom stereocenters. The predicted octanol–water partition coefficient (Wildman–Crippen LogP) is 2.82. The maximum Gasteiger partial charge on any atom is 0.175 e. The lowest BCUT2D eigenvalue weighted by Crippen LogP contribution is -2.32. The quantitative estimate of drug-likeness (QED) is 0.621. The van der Waals surface area contributed by atoms with E-state index in [2.05, 4.69) is 26.1 Å². The third-order valence-corrected chi connectivity index (χ3v) is 5.23. The van der Waals surface area contributed by atoms with Gasteiger partial charge in [-0.05, 0) is 37.1 Å². The summed E-state index contributed by atoms with van der Waals surface area (Å²) in [4.78, 5) is 1.48. The molecule has 1 rings (SSSR count). The molecular formula is C14H23NO2S2.